The van der Waals surface area contributed by atoms with Gasteiger partial charge in [0.25, 0.3) is 5.56 Å². The first-order valence-corrected chi connectivity index (χ1v) is 12.1. The van der Waals surface area contributed by atoms with Gasteiger partial charge in [0, 0.05) is 22.9 Å². The zero-order chi connectivity index (χ0) is 19.3. The van der Waals surface area contributed by atoms with Gasteiger partial charge in [0.15, 0.2) is 5.16 Å². The van der Waals surface area contributed by atoms with Crippen LogP contribution < -0.4 is 9.74 Å². The van der Waals surface area contributed by atoms with Crippen molar-refractivity contribution in [3.8, 4) is 5.75 Å². The summed E-state index contributed by atoms with van der Waals surface area (Å²) in [6.07, 6.45) is 6.22. The number of hydrogen-bond donors (Lipinski definition) is 0. The Morgan fingerprint density at radius 1 is 1.21 bits per heavy atom. The molecule has 1 aliphatic carbocycles. The summed E-state index contributed by atoms with van der Waals surface area (Å²) in [6, 6.07) is 9.76. The van der Waals surface area contributed by atoms with Crippen molar-refractivity contribution in [1.82, 2.24) is 9.55 Å². The maximum Gasteiger partial charge on any atom is 0.263 e. The fraction of sp³-hybridized carbons (Fsp3) is 0.333. The Morgan fingerprint density at radius 3 is 2.86 bits per heavy atom. The quantitative estimate of drug-likeness (QED) is 0.159. The summed E-state index contributed by atoms with van der Waals surface area (Å²) in [5.41, 5.74) is 1.32. The van der Waals surface area contributed by atoms with E-state index in [4.69, 9.17) is 9.17 Å². The highest BCUT2D eigenvalue weighted by atomic mass is 32.2. The summed E-state index contributed by atoms with van der Waals surface area (Å²) >= 11 is 4.73. The fourth-order valence-corrected chi connectivity index (χ4v) is 6.27. The van der Waals surface area contributed by atoms with E-state index in [1.807, 2.05) is 30.3 Å². The molecule has 7 heteroatoms. The predicted molar refractivity (Wildman–Crippen MR) is 121 cm³/mol. The van der Waals surface area contributed by atoms with Crippen LogP contribution in [0.25, 0.3) is 10.2 Å². The second kappa shape index (κ2) is 9.20. The SMILES string of the molecule is C=CCn1c(SCCSOc2ccccc2)nc2sc3c(c2c1=O)CCCC3. The van der Waals surface area contributed by atoms with Gasteiger partial charge < -0.3 is 4.18 Å². The van der Waals surface area contributed by atoms with E-state index in [1.54, 1.807) is 33.7 Å². The van der Waals surface area contributed by atoms with E-state index in [1.165, 1.54) is 28.9 Å². The van der Waals surface area contributed by atoms with Gasteiger partial charge in [-0.15, -0.1) is 17.9 Å². The molecule has 0 unspecified atom stereocenters. The molecule has 4 rings (SSSR count). The van der Waals surface area contributed by atoms with Crippen LogP contribution in [0.3, 0.4) is 0 Å². The number of aromatic nitrogens is 2. The lowest BCUT2D eigenvalue weighted by Crippen LogP contribution is -2.23. The normalized spacial score (nSPS) is 13.4. The summed E-state index contributed by atoms with van der Waals surface area (Å²) < 4.78 is 7.44. The van der Waals surface area contributed by atoms with E-state index in [0.717, 1.165) is 51.9 Å². The van der Waals surface area contributed by atoms with Gasteiger partial charge in [-0.3, -0.25) is 9.36 Å². The van der Waals surface area contributed by atoms with Gasteiger partial charge in [-0.25, -0.2) is 4.98 Å². The molecule has 4 nitrogen and oxygen atoms in total. The van der Waals surface area contributed by atoms with Crippen LogP contribution in [0.5, 0.6) is 5.75 Å². The lowest BCUT2D eigenvalue weighted by Gasteiger charge is -2.12. The minimum Gasteiger partial charge on any atom is -0.426 e. The number of aryl methyl sites for hydroxylation is 2. The first kappa shape index (κ1) is 19.6. The summed E-state index contributed by atoms with van der Waals surface area (Å²) in [4.78, 5) is 20.3. The molecular weight excluding hydrogens is 408 g/mol. The molecule has 0 atom stereocenters. The van der Waals surface area contributed by atoms with Crippen molar-refractivity contribution >= 4 is 45.4 Å². The molecule has 0 fully saturated rings. The number of hydrogen-bond acceptors (Lipinski definition) is 6. The lowest BCUT2D eigenvalue weighted by atomic mass is 9.97. The Morgan fingerprint density at radius 2 is 2.04 bits per heavy atom. The van der Waals surface area contributed by atoms with Gasteiger partial charge >= 0.3 is 0 Å². The Balaban J connectivity index is 1.50. The Labute approximate surface area is 177 Å². The van der Waals surface area contributed by atoms with Crippen LogP contribution in [0.1, 0.15) is 23.3 Å². The molecule has 0 aliphatic heterocycles. The highest BCUT2D eigenvalue weighted by Crippen LogP contribution is 2.34. The molecule has 2 heterocycles. The highest BCUT2D eigenvalue weighted by molar-refractivity contribution is 8.01. The van der Waals surface area contributed by atoms with Crippen molar-refractivity contribution in [2.45, 2.75) is 37.4 Å². The maximum atomic E-state index is 13.2. The Bertz CT molecular complexity index is 1030. The summed E-state index contributed by atoms with van der Waals surface area (Å²) in [5.74, 6) is 2.48. The second-order valence-corrected chi connectivity index (χ2v) is 9.51. The maximum absolute atomic E-state index is 13.2. The van der Waals surface area contributed by atoms with Gasteiger partial charge in [-0.05, 0) is 43.4 Å². The Kier molecular flexibility index (Phi) is 6.44. The molecule has 0 N–H and O–H groups in total. The molecule has 1 aromatic carbocycles. The van der Waals surface area contributed by atoms with Crippen molar-refractivity contribution in [3.63, 3.8) is 0 Å². The zero-order valence-electron chi connectivity index (χ0n) is 15.6. The number of thiophene rings is 1. The van der Waals surface area contributed by atoms with Crippen LogP contribution >= 0.6 is 35.1 Å². The second-order valence-electron chi connectivity index (χ2n) is 6.56. The molecule has 0 spiro atoms. The van der Waals surface area contributed by atoms with Crippen LogP contribution in [0, 0.1) is 0 Å². The van der Waals surface area contributed by atoms with Crippen LogP contribution in [-0.2, 0) is 19.4 Å². The van der Waals surface area contributed by atoms with E-state index >= 15 is 0 Å². The summed E-state index contributed by atoms with van der Waals surface area (Å²) in [5, 5.41) is 1.61. The van der Waals surface area contributed by atoms with E-state index in [0.29, 0.717) is 6.54 Å². The molecule has 0 amide bonds. The molecule has 0 bridgehead atoms. The van der Waals surface area contributed by atoms with E-state index in [-0.39, 0.29) is 5.56 Å². The third kappa shape index (κ3) is 4.16. The molecule has 2 aromatic heterocycles. The van der Waals surface area contributed by atoms with Crippen LogP contribution in [0.4, 0.5) is 0 Å². The molecule has 0 saturated heterocycles. The summed E-state index contributed by atoms with van der Waals surface area (Å²) in [7, 11) is 0. The first-order chi connectivity index (χ1) is 13.8. The number of para-hydroxylation sites is 1. The van der Waals surface area contributed by atoms with Crippen LogP contribution in [0.15, 0.2) is 52.9 Å². The largest absolute Gasteiger partial charge is 0.426 e. The third-order valence-corrected chi connectivity index (χ3v) is 7.75. The lowest BCUT2D eigenvalue weighted by molar-refractivity contribution is 0.647. The number of fused-ring (bicyclic) bond motifs is 3. The van der Waals surface area contributed by atoms with E-state index in [2.05, 4.69) is 6.58 Å². The standard InChI is InChI=1S/C21H22N2O2S3/c1-2-12-23-20(24)18-16-10-6-7-11-17(16)28-19(18)22-21(23)26-13-14-27-25-15-8-4-3-5-9-15/h2-5,8-9H,1,6-7,10-14H2. The van der Waals surface area contributed by atoms with Crippen molar-refractivity contribution in [2.75, 3.05) is 11.5 Å². The molecule has 0 saturated carbocycles. The number of allylic oxidation sites excluding steroid dienone is 1. The molecule has 0 radical (unpaired) electrons. The Hall–Kier alpha value is -1.70. The highest BCUT2D eigenvalue weighted by Gasteiger charge is 2.21. The van der Waals surface area contributed by atoms with Gasteiger partial charge in [0.1, 0.15) is 10.6 Å². The number of benzene rings is 1. The minimum absolute atomic E-state index is 0.0833. The van der Waals surface area contributed by atoms with Crippen molar-refractivity contribution in [2.24, 2.45) is 0 Å². The molecule has 146 valence electrons. The van der Waals surface area contributed by atoms with Crippen molar-refractivity contribution < 1.29 is 4.18 Å². The number of thioether (sulfide) groups is 1. The van der Waals surface area contributed by atoms with Gasteiger partial charge in [-0.2, -0.15) is 0 Å². The van der Waals surface area contributed by atoms with Gasteiger partial charge in [-0.1, -0.05) is 36.0 Å². The predicted octanol–water partition coefficient (Wildman–Crippen LogP) is 5.34. The number of nitrogens with zero attached hydrogens (tertiary/aromatic N) is 2. The third-order valence-electron chi connectivity index (χ3n) is 4.65. The van der Waals surface area contributed by atoms with Gasteiger partial charge in [0.05, 0.1) is 17.4 Å². The monoisotopic (exact) mass is 430 g/mol. The summed E-state index contributed by atoms with van der Waals surface area (Å²) in [6.45, 7) is 4.31. The first-order valence-electron chi connectivity index (χ1n) is 9.41. The molecule has 1 aliphatic rings. The van der Waals surface area contributed by atoms with Crippen LogP contribution in [-0.4, -0.2) is 21.1 Å². The fourth-order valence-electron chi connectivity index (χ4n) is 3.37. The van der Waals surface area contributed by atoms with E-state index < -0.39 is 0 Å². The van der Waals surface area contributed by atoms with Crippen molar-refractivity contribution in [3.05, 3.63) is 63.8 Å². The topological polar surface area (TPSA) is 44.1 Å². The smallest absolute Gasteiger partial charge is 0.263 e. The molecule has 3 aromatic rings. The minimum atomic E-state index is 0.0833. The number of rotatable bonds is 8. The molecule has 28 heavy (non-hydrogen) atoms. The average molecular weight is 431 g/mol. The van der Waals surface area contributed by atoms with Crippen molar-refractivity contribution in [1.29, 1.82) is 0 Å². The molecular formula is C21H22N2O2S3. The average Bonchev–Trinajstić information content (AvgIpc) is 3.09. The van der Waals surface area contributed by atoms with E-state index in [9.17, 15) is 4.79 Å². The zero-order valence-corrected chi connectivity index (χ0v) is 18.0. The van der Waals surface area contributed by atoms with Gasteiger partial charge in [0.2, 0.25) is 0 Å². The van der Waals surface area contributed by atoms with Crippen LogP contribution in [0.2, 0.25) is 0 Å².